The lowest BCUT2D eigenvalue weighted by Crippen LogP contribution is -2.14. The van der Waals surface area contributed by atoms with Crippen LogP contribution in [-0.4, -0.2) is 20.0 Å². The van der Waals surface area contributed by atoms with Crippen LogP contribution < -0.4 is 5.32 Å². The van der Waals surface area contributed by atoms with Crippen molar-refractivity contribution in [1.82, 2.24) is 9.97 Å². The predicted molar refractivity (Wildman–Crippen MR) is 111 cm³/mol. The number of hydrogen-bond donors (Lipinski definition) is 2. The lowest BCUT2D eigenvalue weighted by Gasteiger charge is -2.22. The first-order chi connectivity index (χ1) is 14.0. The van der Waals surface area contributed by atoms with Crippen LogP contribution in [0.2, 0.25) is 5.02 Å². The minimum atomic E-state index is -0.645. The summed E-state index contributed by atoms with van der Waals surface area (Å²) in [6.07, 6.45) is 3.19. The van der Waals surface area contributed by atoms with Gasteiger partial charge >= 0.3 is 0 Å². The molecule has 0 aliphatic heterocycles. The van der Waals surface area contributed by atoms with Gasteiger partial charge in [-0.2, -0.15) is 0 Å². The third kappa shape index (κ3) is 3.68. The molecule has 0 amide bonds. The molecule has 4 aromatic rings. The summed E-state index contributed by atoms with van der Waals surface area (Å²) in [5, 5.41) is 26.5. The fourth-order valence-electron chi connectivity index (χ4n) is 3.18. The van der Waals surface area contributed by atoms with E-state index in [9.17, 15) is 15.2 Å². The number of pyridine rings is 2. The molecule has 0 radical (unpaired) electrons. The van der Waals surface area contributed by atoms with Gasteiger partial charge in [0, 0.05) is 35.5 Å². The van der Waals surface area contributed by atoms with Gasteiger partial charge in [0.1, 0.15) is 17.1 Å². The number of phenolic OH excluding ortho intramolecular Hbond substituents is 1. The summed E-state index contributed by atoms with van der Waals surface area (Å²) in [4.78, 5) is 19.3. The molecule has 0 unspecified atom stereocenters. The summed E-state index contributed by atoms with van der Waals surface area (Å²) in [6, 6.07) is 16.1. The molecule has 8 heteroatoms. The standard InChI is InChI=1S/C21H15ClN4O3/c22-17-12-16(21(27)20-15(17)7-4-10-24-20)19(25-18-8-1-2-9-23-18)13-5-3-6-14(11-13)26(28)29/h1-12,19,27H,(H,23,25)/t19-/m0/s1. The topological polar surface area (TPSA) is 101 Å². The van der Waals surface area contributed by atoms with Gasteiger partial charge in [0.05, 0.1) is 16.0 Å². The molecule has 0 spiro atoms. The number of aromatic hydroxyl groups is 1. The van der Waals surface area contributed by atoms with Crippen LogP contribution in [0.1, 0.15) is 17.2 Å². The quantitative estimate of drug-likeness (QED) is 0.353. The van der Waals surface area contributed by atoms with Gasteiger partial charge in [0.2, 0.25) is 0 Å². The van der Waals surface area contributed by atoms with E-state index in [4.69, 9.17) is 11.6 Å². The van der Waals surface area contributed by atoms with Crippen LogP contribution in [0.4, 0.5) is 11.5 Å². The molecule has 0 saturated carbocycles. The van der Waals surface area contributed by atoms with E-state index in [0.717, 1.165) is 0 Å². The Bertz CT molecular complexity index is 1200. The number of halogens is 1. The van der Waals surface area contributed by atoms with Crippen LogP contribution in [0.5, 0.6) is 5.75 Å². The molecule has 0 aliphatic carbocycles. The summed E-state index contributed by atoms with van der Waals surface area (Å²) >= 11 is 6.45. The van der Waals surface area contributed by atoms with Crippen molar-refractivity contribution in [3.63, 3.8) is 0 Å². The molecule has 2 aromatic carbocycles. The SMILES string of the molecule is O=[N+]([O-])c1cccc([C@H](Nc2ccccn2)c2cc(Cl)c3cccnc3c2O)c1. The summed E-state index contributed by atoms with van der Waals surface area (Å²) in [5.41, 5.74) is 1.31. The van der Waals surface area contributed by atoms with E-state index in [-0.39, 0.29) is 11.4 Å². The number of anilines is 1. The Kier molecular flexibility index (Phi) is 4.97. The maximum absolute atomic E-state index is 11.3. The predicted octanol–water partition coefficient (Wildman–Crippen LogP) is 5.10. The second-order valence-electron chi connectivity index (χ2n) is 6.34. The molecule has 0 aliphatic rings. The van der Waals surface area contributed by atoms with Crippen molar-refractivity contribution in [2.45, 2.75) is 6.04 Å². The Morgan fingerprint density at radius 2 is 1.86 bits per heavy atom. The lowest BCUT2D eigenvalue weighted by atomic mass is 9.95. The molecule has 1 atom stereocenters. The zero-order valence-corrected chi connectivity index (χ0v) is 15.7. The third-order valence-corrected chi connectivity index (χ3v) is 4.84. The number of non-ortho nitro benzene ring substituents is 1. The molecule has 29 heavy (non-hydrogen) atoms. The smallest absolute Gasteiger partial charge is 0.269 e. The van der Waals surface area contributed by atoms with Crippen molar-refractivity contribution < 1.29 is 10.0 Å². The zero-order valence-electron chi connectivity index (χ0n) is 15.0. The van der Waals surface area contributed by atoms with Gasteiger partial charge < -0.3 is 10.4 Å². The van der Waals surface area contributed by atoms with Crippen molar-refractivity contribution in [3.05, 3.63) is 99.3 Å². The highest BCUT2D eigenvalue weighted by molar-refractivity contribution is 6.35. The summed E-state index contributed by atoms with van der Waals surface area (Å²) in [7, 11) is 0. The Hall–Kier alpha value is -3.71. The first-order valence-corrected chi connectivity index (χ1v) is 9.10. The van der Waals surface area contributed by atoms with Crippen LogP contribution in [0, 0.1) is 10.1 Å². The fourth-order valence-corrected chi connectivity index (χ4v) is 3.45. The average Bonchev–Trinajstić information content (AvgIpc) is 2.75. The maximum Gasteiger partial charge on any atom is 0.269 e. The molecule has 4 rings (SSSR count). The minimum Gasteiger partial charge on any atom is -0.505 e. The number of nitro groups is 1. The van der Waals surface area contributed by atoms with Gasteiger partial charge in [0.15, 0.2) is 0 Å². The molecule has 144 valence electrons. The molecule has 2 heterocycles. The Labute approximate surface area is 170 Å². The number of rotatable bonds is 5. The number of fused-ring (bicyclic) bond motifs is 1. The van der Waals surface area contributed by atoms with Crippen LogP contribution in [-0.2, 0) is 0 Å². The Morgan fingerprint density at radius 3 is 2.62 bits per heavy atom. The molecule has 0 fully saturated rings. The van der Waals surface area contributed by atoms with Gasteiger partial charge in [-0.25, -0.2) is 4.98 Å². The third-order valence-electron chi connectivity index (χ3n) is 4.53. The summed E-state index contributed by atoms with van der Waals surface area (Å²) in [6.45, 7) is 0. The first-order valence-electron chi connectivity index (χ1n) is 8.72. The second-order valence-corrected chi connectivity index (χ2v) is 6.75. The molecule has 7 nitrogen and oxygen atoms in total. The second kappa shape index (κ2) is 7.73. The van der Waals surface area contributed by atoms with Crippen LogP contribution in [0.3, 0.4) is 0 Å². The van der Waals surface area contributed by atoms with Crippen LogP contribution >= 0.6 is 11.6 Å². The van der Waals surface area contributed by atoms with Gasteiger partial charge in [-0.1, -0.05) is 29.8 Å². The molecule has 2 aromatic heterocycles. The fraction of sp³-hybridized carbons (Fsp3) is 0.0476. The van der Waals surface area contributed by atoms with E-state index in [1.165, 1.54) is 12.1 Å². The van der Waals surface area contributed by atoms with Gasteiger partial charge in [-0.15, -0.1) is 0 Å². The van der Waals surface area contributed by atoms with Gasteiger partial charge in [-0.05, 0) is 35.9 Å². The molecular weight excluding hydrogens is 392 g/mol. The van der Waals surface area contributed by atoms with E-state index in [1.807, 2.05) is 6.07 Å². The maximum atomic E-state index is 11.3. The number of aromatic nitrogens is 2. The van der Waals surface area contributed by atoms with Gasteiger partial charge in [-0.3, -0.25) is 15.1 Å². The van der Waals surface area contributed by atoms with Crippen molar-refractivity contribution in [2.24, 2.45) is 0 Å². The lowest BCUT2D eigenvalue weighted by molar-refractivity contribution is -0.384. The Morgan fingerprint density at radius 1 is 1.03 bits per heavy atom. The molecule has 2 N–H and O–H groups in total. The molecule has 0 saturated heterocycles. The number of nitro benzene ring substituents is 1. The number of benzene rings is 2. The number of phenols is 1. The highest BCUT2D eigenvalue weighted by atomic mass is 35.5. The van der Waals surface area contributed by atoms with E-state index >= 15 is 0 Å². The zero-order chi connectivity index (χ0) is 20.4. The van der Waals surface area contributed by atoms with E-state index < -0.39 is 11.0 Å². The van der Waals surface area contributed by atoms with E-state index in [0.29, 0.717) is 32.9 Å². The number of nitrogens with zero attached hydrogens (tertiary/aromatic N) is 3. The van der Waals surface area contributed by atoms with E-state index in [1.54, 1.807) is 54.9 Å². The molecular formula is C21H15ClN4O3. The van der Waals surface area contributed by atoms with Crippen molar-refractivity contribution in [3.8, 4) is 5.75 Å². The highest BCUT2D eigenvalue weighted by Crippen LogP contribution is 2.40. The van der Waals surface area contributed by atoms with Crippen molar-refractivity contribution in [1.29, 1.82) is 0 Å². The first kappa shape index (κ1) is 18.6. The van der Waals surface area contributed by atoms with Crippen LogP contribution in [0.25, 0.3) is 10.9 Å². The Balaban J connectivity index is 1.91. The normalized spacial score (nSPS) is 11.9. The monoisotopic (exact) mass is 406 g/mol. The average molecular weight is 407 g/mol. The summed E-state index contributed by atoms with van der Waals surface area (Å²) in [5.74, 6) is 0.491. The van der Waals surface area contributed by atoms with Crippen LogP contribution in [0.15, 0.2) is 73.1 Å². The molecule has 0 bridgehead atoms. The van der Waals surface area contributed by atoms with E-state index in [2.05, 4.69) is 15.3 Å². The highest BCUT2D eigenvalue weighted by Gasteiger charge is 2.23. The number of nitrogens with one attached hydrogen (secondary N) is 1. The van der Waals surface area contributed by atoms with Gasteiger partial charge in [0.25, 0.3) is 5.69 Å². The van der Waals surface area contributed by atoms with Crippen molar-refractivity contribution >= 4 is 34.0 Å². The largest absolute Gasteiger partial charge is 0.505 e. The van der Waals surface area contributed by atoms with Crippen molar-refractivity contribution in [2.75, 3.05) is 5.32 Å². The minimum absolute atomic E-state index is 0.0510. The number of hydrogen-bond acceptors (Lipinski definition) is 6. The summed E-state index contributed by atoms with van der Waals surface area (Å²) < 4.78 is 0.